The summed E-state index contributed by atoms with van der Waals surface area (Å²) < 4.78 is 17.2. The van der Waals surface area contributed by atoms with Crippen molar-refractivity contribution in [1.82, 2.24) is 24.5 Å². The smallest absolute Gasteiger partial charge is 0.257 e. The first-order chi connectivity index (χ1) is 16.4. The Labute approximate surface area is 203 Å². The van der Waals surface area contributed by atoms with Crippen LogP contribution >= 0.6 is 15.9 Å². The molecule has 0 spiro atoms. The van der Waals surface area contributed by atoms with Crippen molar-refractivity contribution in [3.05, 3.63) is 99.7 Å². The Morgan fingerprint density at radius 2 is 1.79 bits per heavy atom. The summed E-state index contributed by atoms with van der Waals surface area (Å²) in [5.74, 6) is -0.204. The summed E-state index contributed by atoms with van der Waals surface area (Å²) in [4.78, 5) is 18.0. The summed E-state index contributed by atoms with van der Waals surface area (Å²) in [6.45, 7) is 4.15. The summed E-state index contributed by atoms with van der Waals surface area (Å²) in [6.07, 6.45) is 1.77. The van der Waals surface area contributed by atoms with E-state index in [0.29, 0.717) is 44.8 Å². The largest absolute Gasteiger partial charge is 0.304 e. The van der Waals surface area contributed by atoms with Gasteiger partial charge in [-0.05, 0) is 65.7 Å². The van der Waals surface area contributed by atoms with E-state index < -0.39 is 0 Å². The molecule has 0 radical (unpaired) electrons. The van der Waals surface area contributed by atoms with E-state index in [9.17, 15) is 9.18 Å². The van der Waals surface area contributed by atoms with E-state index in [2.05, 4.69) is 36.4 Å². The van der Waals surface area contributed by atoms with Crippen molar-refractivity contribution in [1.29, 1.82) is 0 Å². The zero-order chi connectivity index (χ0) is 23.8. The Morgan fingerprint density at radius 3 is 2.53 bits per heavy atom. The molecule has 3 heterocycles. The van der Waals surface area contributed by atoms with E-state index in [1.54, 1.807) is 33.8 Å². The molecule has 34 heavy (non-hydrogen) atoms. The lowest BCUT2D eigenvalue weighted by Gasteiger charge is -2.07. The Morgan fingerprint density at radius 1 is 1.06 bits per heavy atom. The van der Waals surface area contributed by atoms with Gasteiger partial charge < -0.3 is 5.32 Å². The number of aromatic nitrogens is 5. The number of nitrogens with one attached hydrogen (secondary N) is 1. The highest BCUT2D eigenvalue weighted by atomic mass is 79.9. The van der Waals surface area contributed by atoms with E-state index in [0.717, 1.165) is 11.3 Å². The van der Waals surface area contributed by atoms with Crippen molar-refractivity contribution in [2.24, 2.45) is 0 Å². The number of fused-ring (bicyclic) bond motifs is 1. The molecule has 9 heteroatoms. The minimum Gasteiger partial charge on any atom is -0.304 e. The number of para-hydroxylation sites is 1. The summed E-state index contributed by atoms with van der Waals surface area (Å²) in [5.41, 5.74) is 4.27. The molecule has 0 aliphatic rings. The number of halogens is 2. The van der Waals surface area contributed by atoms with Gasteiger partial charge in [0, 0.05) is 11.9 Å². The van der Waals surface area contributed by atoms with Crippen molar-refractivity contribution in [2.45, 2.75) is 20.4 Å². The molecule has 7 nitrogen and oxygen atoms in total. The highest BCUT2D eigenvalue weighted by molar-refractivity contribution is 9.10. The number of amides is 1. The van der Waals surface area contributed by atoms with Crippen LogP contribution in [0.25, 0.3) is 16.7 Å². The minimum absolute atomic E-state index is 0.289. The molecular weight excluding hydrogens is 499 g/mol. The number of carbonyl (C=O) groups excluding carboxylic acids is 1. The predicted molar refractivity (Wildman–Crippen MR) is 132 cm³/mol. The van der Waals surface area contributed by atoms with Crippen LogP contribution in [0, 0.1) is 19.7 Å². The van der Waals surface area contributed by atoms with Crippen molar-refractivity contribution in [3.63, 3.8) is 0 Å². The molecule has 170 valence electrons. The number of hydrogen-bond acceptors (Lipinski definition) is 4. The third-order valence-electron chi connectivity index (χ3n) is 5.39. The van der Waals surface area contributed by atoms with E-state index in [1.165, 1.54) is 12.1 Å². The summed E-state index contributed by atoms with van der Waals surface area (Å²) in [5, 5.41) is 12.7. The van der Waals surface area contributed by atoms with Gasteiger partial charge in [-0.3, -0.25) is 9.48 Å². The van der Waals surface area contributed by atoms with Crippen LogP contribution in [0.3, 0.4) is 0 Å². The Hall–Kier alpha value is -3.85. The average Bonchev–Trinajstić information content (AvgIpc) is 3.34. The molecule has 0 atom stereocenters. The standard InChI is InChI=1S/C25H20BrFN6O/c1-15-12-20(22-16(2)30-33(24(22)28-15)19-6-4-3-5-7-19)25(34)29-23-21(26)14-32(31-23)13-17-8-10-18(27)11-9-17/h3-12,14H,13H2,1-2H3,(H,29,31,34). The number of anilines is 1. The molecule has 5 rings (SSSR count). The number of hydrogen-bond donors (Lipinski definition) is 1. The van der Waals surface area contributed by atoms with Gasteiger partial charge in [-0.2, -0.15) is 10.2 Å². The highest BCUT2D eigenvalue weighted by Gasteiger charge is 2.21. The van der Waals surface area contributed by atoms with Gasteiger partial charge in [0.2, 0.25) is 0 Å². The maximum atomic E-state index is 13.3. The molecule has 1 N–H and O–H groups in total. The Bertz CT molecular complexity index is 1510. The first-order valence-electron chi connectivity index (χ1n) is 10.6. The number of pyridine rings is 1. The van der Waals surface area contributed by atoms with Gasteiger partial charge in [-0.15, -0.1) is 0 Å². The van der Waals surface area contributed by atoms with Crippen molar-refractivity contribution in [3.8, 4) is 5.69 Å². The molecule has 1 amide bonds. The van der Waals surface area contributed by atoms with Gasteiger partial charge in [-0.1, -0.05) is 30.3 Å². The zero-order valence-corrected chi connectivity index (χ0v) is 20.0. The topological polar surface area (TPSA) is 77.6 Å². The third kappa shape index (κ3) is 4.22. The number of benzene rings is 2. The van der Waals surface area contributed by atoms with Gasteiger partial charge in [0.25, 0.3) is 5.91 Å². The van der Waals surface area contributed by atoms with Gasteiger partial charge in [0.15, 0.2) is 11.5 Å². The molecule has 0 unspecified atom stereocenters. The summed E-state index contributed by atoms with van der Waals surface area (Å²) in [6, 6.07) is 17.7. The molecule has 2 aromatic carbocycles. The van der Waals surface area contributed by atoms with Crippen molar-refractivity contribution < 1.29 is 9.18 Å². The highest BCUT2D eigenvalue weighted by Crippen LogP contribution is 2.27. The molecule has 0 aliphatic heterocycles. The quantitative estimate of drug-likeness (QED) is 0.336. The first kappa shape index (κ1) is 22.0. The number of carbonyl (C=O) groups is 1. The molecule has 0 aliphatic carbocycles. The third-order valence-corrected chi connectivity index (χ3v) is 5.97. The van der Waals surface area contributed by atoms with Crippen LogP contribution < -0.4 is 5.32 Å². The number of aryl methyl sites for hydroxylation is 2. The van der Waals surface area contributed by atoms with Crippen LogP contribution in [-0.2, 0) is 6.54 Å². The molecule has 0 bridgehead atoms. The molecule has 3 aromatic heterocycles. The van der Waals surface area contributed by atoms with Crippen molar-refractivity contribution in [2.75, 3.05) is 5.32 Å². The van der Waals surface area contributed by atoms with Crippen LogP contribution in [0.15, 0.2) is 71.3 Å². The van der Waals surface area contributed by atoms with E-state index in [1.807, 2.05) is 44.2 Å². The first-order valence-corrected chi connectivity index (χ1v) is 11.4. The fourth-order valence-corrected chi connectivity index (χ4v) is 4.27. The van der Waals surface area contributed by atoms with Crippen LogP contribution in [0.5, 0.6) is 0 Å². The molecule has 0 fully saturated rings. The second-order valence-corrected chi connectivity index (χ2v) is 8.80. The van der Waals surface area contributed by atoms with Crippen LogP contribution in [0.1, 0.15) is 27.3 Å². The zero-order valence-electron chi connectivity index (χ0n) is 18.5. The monoisotopic (exact) mass is 518 g/mol. The van der Waals surface area contributed by atoms with Gasteiger partial charge >= 0.3 is 0 Å². The van der Waals surface area contributed by atoms with E-state index >= 15 is 0 Å². The predicted octanol–water partition coefficient (Wildman–Crippen LogP) is 5.44. The Kier molecular flexibility index (Phi) is 5.70. The second-order valence-electron chi connectivity index (χ2n) is 7.95. The fraction of sp³-hybridized carbons (Fsp3) is 0.120. The molecular formula is C25H20BrFN6O. The SMILES string of the molecule is Cc1cc(C(=O)Nc2nn(Cc3ccc(F)cc3)cc2Br)c2c(C)nn(-c3ccccc3)c2n1. The molecule has 0 saturated heterocycles. The lowest BCUT2D eigenvalue weighted by Crippen LogP contribution is -2.14. The number of nitrogens with zero attached hydrogens (tertiary/aromatic N) is 5. The van der Waals surface area contributed by atoms with Gasteiger partial charge in [0.1, 0.15) is 5.82 Å². The number of rotatable bonds is 5. The van der Waals surface area contributed by atoms with Crippen LogP contribution in [-0.4, -0.2) is 30.5 Å². The normalized spacial score (nSPS) is 11.2. The van der Waals surface area contributed by atoms with E-state index in [-0.39, 0.29) is 11.7 Å². The van der Waals surface area contributed by atoms with Gasteiger partial charge in [0.05, 0.1) is 33.3 Å². The summed E-state index contributed by atoms with van der Waals surface area (Å²) in [7, 11) is 0. The second kappa shape index (κ2) is 8.83. The summed E-state index contributed by atoms with van der Waals surface area (Å²) >= 11 is 3.47. The van der Waals surface area contributed by atoms with Crippen LogP contribution in [0.2, 0.25) is 0 Å². The van der Waals surface area contributed by atoms with Crippen molar-refractivity contribution >= 4 is 38.7 Å². The maximum Gasteiger partial charge on any atom is 0.257 e. The molecule has 5 aromatic rings. The Balaban J connectivity index is 1.47. The molecule has 0 saturated carbocycles. The average molecular weight is 519 g/mol. The lowest BCUT2D eigenvalue weighted by molar-refractivity contribution is 0.102. The maximum absolute atomic E-state index is 13.3. The fourth-order valence-electron chi connectivity index (χ4n) is 3.86. The van der Waals surface area contributed by atoms with Gasteiger partial charge in [-0.25, -0.2) is 14.1 Å². The lowest BCUT2D eigenvalue weighted by atomic mass is 10.1. The van der Waals surface area contributed by atoms with Crippen LogP contribution in [0.4, 0.5) is 10.2 Å². The minimum atomic E-state index is -0.307. The van der Waals surface area contributed by atoms with E-state index in [4.69, 9.17) is 0 Å².